The van der Waals surface area contributed by atoms with Crippen molar-refractivity contribution in [3.05, 3.63) is 0 Å². The summed E-state index contributed by atoms with van der Waals surface area (Å²) in [6, 6.07) is -0.0562. The summed E-state index contributed by atoms with van der Waals surface area (Å²) in [7, 11) is 2.09. The van der Waals surface area contributed by atoms with E-state index in [4.69, 9.17) is 5.73 Å². The molecular weight excluding hydrogens is 178 g/mol. The first-order valence-corrected chi connectivity index (χ1v) is 5.27. The topological polar surface area (TPSA) is 49.6 Å². The Bertz CT molecular complexity index is 206. The molecule has 0 bridgehead atoms. The van der Waals surface area contributed by atoms with Gasteiger partial charge in [0.2, 0.25) is 5.91 Å². The second-order valence-corrected chi connectivity index (χ2v) is 4.26. The summed E-state index contributed by atoms with van der Waals surface area (Å²) in [5.41, 5.74) is 5.61. The fourth-order valence-corrected chi connectivity index (χ4v) is 1.76. The Morgan fingerprint density at radius 3 is 2.64 bits per heavy atom. The van der Waals surface area contributed by atoms with E-state index in [0.717, 1.165) is 26.1 Å². The Hall–Kier alpha value is -0.610. The smallest absolute Gasteiger partial charge is 0.239 e. The van der Waals surface area contributed by atoms with Gasteiger partial charge in [-0.3, -0.25) is 4.79 Å². The minimum atomic E-state index is -0.374. The zero-order chi connectivity index (χ0) is 10.7. The molecule has 0 aliphatic carbocycles. The maximum absolute atomic E-state index is 11.8. The van der Waals surface area contributed by atoms with Crippen LogP contribution in [0.25, 0.3) is 0 Å². The fourth-order valence-electron chi connectivity index (χ4n) is 1.76. The number of hydrogen-bond donors (Lipinski definition) is 1. The maximum Gasteiger partial charge on any atom is 0.239 e. The minimum absolute atomic E-state index is 0.0767. The molecule has 0 aromatic carbocycles. The molecule has 0 aromatic rings. The average Bonchev–Trinajstić information content (AvgIpc) is 2.28. The molecule has 0 saturated carbocycles. The van der Waals surface area contributed by atoms with E-state index in [-0.39, 0.29) is 11.9 Å². The largest absolute Gasteiger partial charge is 0.337 e. The van der Waals surface area contributed by atoms with Crippen LogP contribution in [0, 0.1) is 0 Å². The van der Waals surface area contributed by atoms with Crippen LogP contribution in [0.15, 0.2) is 0 Å². The van der Waals surface area contributed by atoms with Crippen LogP contribution in [0.4, 0.5) is 0 Å². The maximum atomic E-state index is 11.8. The third-order valence-corrected chi connectivity index (χ3v) is 2.86. The normalized spacial score (nSPS) is 27.1. The standard InChI is InChI=1S/C10H21N3O/c1-8-4-5-12(3)6-7-13(8)10(14)9(2)11/h8-9H,4-7,11H2,1-3H3/t8?,9-/m1/s1. The molecule has 0 spiro atoms. The van der Waals surface area contributed by atoms with Crippen molar-refractivity contribution in [2.24, 2.45) is 5.73 Å². The van der Waals surface area contributed by atoms with Gasteiger partial charge < -0.3 is 15.5 Å². The molecule has 1 saturated heterocycles. The summed E-state index contributed by atoms with van der Waals surface area (Å²) in [5.74, 6) is 0.0767. The summed E-state index contributed by atoms with van der Waals surface area (Å²) < 4.78 is 0. The molecule has 1 unspecified atom stereocenters. The van der Waals surface area contributed by atoms with Crippen LogP contribution in [-0.2, 0) is 4.79 Å². The van der Waals surface area contributed by atoms with E-state index in [2.05, 4.69) is 18.9 Å². The fraction of sp³-hybridized carbons (Fsp3) is 0.900. The average molecular weight is 199 g/mol. The number of carbonyl (C=O) groups is 1. The van der Waals surface area contributed by atoms with Gasteiger partial charge in [-0.2, -0.15) is 0 Å². The van der Waals surface area contributed by atoms with Crippen molar-refractivity contribution in [3.63, 3.8) is 0 Å². The van der Waals surface area contributed by atoms with Gasteiger partial charge in [0.25, 0.3) is 0 Å². The molecule has 4 nitrogen and oxygen atoms in total. The lowest BCUT2D eigenvalue weighted by Gasteiger charge is -2.28. The van der Waals surface area contributed by atoms with Crippen molar-refractivity contribution in [1.29, 1.82) is 0 Å². The quantitative estimate of drug-likeness (QED) is 0.641. The Morgan fingerprint density at radius 2 is 2.07 bits per heavy atom. The molecule has 14 heavy (non-hydrogen) atoms. The Balaban J connectivity index is 2.62. The third kappa shape index (κ3) is 2.69. The molecule has 4 heteroatoms. The molecule has 1 heterocycles. The molecule has 0 aromatic heterocycles. The first-order chi connectivity index (χ1) is 6.52. The highest BCUT2D eigenvalue weighted by Gasteiger charge is 2.25. The summed E-state index contributed by atoms with van der Waals surface area (Å²) in [6.45, 7) is 6.66. The number of nitrogens with zero attached hydrogens (tertiary/aromatic N) is 2. The highest BCUT2D eigenvalue weighted by Crippen LogP contribution is 2.10. The predicted octanol–water partition coefficient (Wildman–Crippen LogP) is -0.114. The third-order valence-electron chi connectivity index (χ3n) is 2.86. The van der Waals surface area contributed by atoms with Gasteiger partial charge in [0.1, 0.15) is 0 Å². The SMILES string of the molecule is CC1CCN(C)CCN1C(=O)[C@@H](C)N. The molecule has 0 radical (unpaired) electrons. The van der Waals surface area contributed by atoms with Crippen molar-refractivity contribution >= 4 is 5.91 Å². The Kier molecular flexibility index (Phi) is 3.89. The molecule has 1 aliphatic heterocycles. The lowest BCUT2D eigenvalue weighted by atomic mass is 10.2. The second-order valence-electron chi connectivity index (χ2n) is 4.26. The van der Waals surface area contributed by atoms with Gasteiger partial charge in [0.05, 0.1) is 6.04 Å². The lowest BCUT2D eigenvalue weighted by Crippen LogP contribution is -2.47. The zero-order valence-electron chi connectivity index (χ0n) is 9.36. The lowest BCUT2D eigenvalue weighted by molar-refractivity contribution is -0.134. The van der Waals surface area contributed by atoms with Crippen LogP contribution in [0.3, 0.4) is 0 Å². The van der Waals surface area contributed by atoms with Crippen LogP contribution in [0.1, 0.15) is 20.3 Å². The van der Waals surface area contributed by atoms with Crippen LogP contribution in [0.2, 0.25) is 0 Å². The molecule has 1 amide bonds. The molecule has 1 aliphatic rings. The Morgan fingerprint density at radius 1 is 1.43 bits per heavy atom. The number of carbonyl (C=O) groups excluding carboxylic acids is 1. The molecule has 1 fully saturated rings. The van der Waals surface area contributed by atoms with E-state index < -0.39 is 0 Å². The second kappa shape index (κ2) is 4.75. The van der Waals surface area contributed by atoms with Crippen LogP contribution >= 0.6 is 0 Å². The molecule has 2 atom stereocenters. The van der Waals surface area contributed by atoms with Crippen molar-refractivity contribution in [3.8, 4) is 0 Å². The van der Waals surface area contributed by atoms with Crippen LogP contribution < -0.4 is 5.73 Å². The minimum Gasteiger partial charge on any atom is -0.337 e. The van der Waals surface area contributed by atoms with Gasteiger partial charge in [0.15, 0.2) is 0 Å². The van der Waals surface area contributed by atoms with E-state index in [1.54, 1.807) is 6.92 Å². The van der Waals surface area contributed by atoms with Crippen molar-refractivity contribution in [2.75, 3.05) is 26.7 Å². The van der Waals surface area contributed by atoms with E-state index in [1.165, 1.54) is 0 Å². The first kappa shape index (κ1) is 11.5. The summed E-state index contributed by atoms with van der Waals surface area (Å²) >= 11 is 0. The van der Waals surface area contributed by atoms with E-state index >= 15 is 0 Å². The monoisotopic (exact) mass is 199 g/mol. The van der Waals surface area contributed by atoms with Crippen molar-refractivity contribution in [1.82, 2.24) is 9.80 Å². The summed E-state index contributed by atoms with van der Waals surface area (Å²) in [5, 5.41) is 0. The van der Waals surface area contributed by atoms with Crippen LogP contribution in [-0.4, -0.2) is 54.5 Å². The predicted molar refractivity (Wildman–Crippen MR) is 56.9 cm³/mol. The number of rotatable bonds is 1. The molecule has 1 rings (SSSR count). The number of amides is 1. The number of likely N-dealkylation sites (N-methyl/N-ethyl adjacent to an activating group) is 1. The van der Waals surface area contributed by atoms with Gasteiger partial charge in [-0.15, -0.1) is 0 Å². The van der Waals surface area contributed by atoms with E-state index in [1.807, 2.05) is 4.90 Å². The van der Waals surface area contributed by atoms with Gasteiger partial charge >= 0.3 is 0 Å². The number of nitrogens with two attached hydrogens (primary N) is 1. The van der Waals surface area contributed by atoms with Crippen molar-refractivity contribution < 1.29 is 4.79 Å². The molecule has 2 N–H and O–H groups in total. The van der Waals surface area contributed by atoms with E-state index in [0.29, 0.717) is 6.04 Å². The Labute approximate surface area is 86.0 Å². The summed E-state index contributed by atoms with van der Waals surface area (Å²) in [6.07, 6.45) is 1.04. The first-order valence-electron chi connectivity index (χ1n) is 5.27. The van der Waals surface area contributed by atoms with E-state index in [9.17, 15) is 4.79 Å². The highest BCUT2D eigenvalue weighted by atomic mass is 16.2. The summed E-state index contributed by atoms with van der Waals surface area (Å²) in [4.78, 5) is 15.9. The zero-order valence-corrected chi connectivity index (χ0v) is 9.36. The van der Waals surface area contributed by atoms with Gasteiger partial charge in [-0.25, -0.2) is 0 Å². The number of hydrogen-bond acceptors (Lipinski definition) is 3. The highest BCUT2D eigenvalue weighted by molar-refractivity contribution is 5.81. The van der Waals surface area contributed by atoms with Gasteiger partial charge in [-0.1, -0.05) is 0 Å². The van der Waals surface area contributed by atoms with Crippen LogP contribution in [0.5, 0.6) is 0 Å². The van der Waals surface area contributed by atoms with Gasteiger partial charge in [-0.05, 0) is 33.9 Å². The van der Waals surface area contributed by atoms with Crippen molar-refractivity contribution in [2.45, 2.75) is 32.4 Å². The van der Waals surface area contributed by atoms with Gasteiger partial charge in [0, 0.05) is 19.1 Å². The molecule has 82 valence electrons. The molecular formula is C10H21N3O.